The molecule has 0 amide bonds. The molecule has 90 valence electrons. The van der Waals surface area contributed by atoms with Crippen molar-refractivity contribution in [2.24, 2.45) is 11.7 Å². The number of unbranched alkanes of at least 4 members (excludes halogenated alkanes) is 2. The van der Waals surface area contributed by atoms with Crippen molar-refractivity contribution in [3.05, 3.63) is 0 Å². The lowest BCUT2D eigenvalue weighted by molar-refractivity contribution is 0.205. The van der Waals surface area contributed by atoms with E-state index in [1.54, 1.807) is 0 Å². The average Bonchev–Trinajstić information content (AvgIpc) is 2.15. The number of thiocarbonyl (C=S) groups is 1. The van der Waals surface area contributed by atoms with E-state index in [4.69, 9.17) is 18.0 Å². The summed E-state index contributed by atoms with van der Waals surface area (Å²) in [7, 11) is 0. The minimum Gasteiger partial charge on any atom is -0.393 e. The number of rotatable bonds is 8. The zero-order valence-corrected chi connectivity index (χ0v) is 11.4. The molecule has 0 aliphatic heterocycles. The van der Waals surface area contributed by atoms with Crippen LogP contribution in [0.25, 0.3) is 0 Å². The molecule has 0 aromatic rings. The molecule has 0 rings (SSSR count). The standard InChI is InChI=1S/C12H26N2S/c1-5-6-7-8-14(10(2)3)9-11(4)12(13)15/h10-11H,5-9H2,1-4H3,(H2,13,15). The Bertz CT molecular complexity index is 180. The zero-order chi connectivity index (χ0) is 11.8. The molecule has 0 saturated heterocycles. The van der Waals surface area contributed by atoms with Gasteiger partial charge in [0.2, 0.25) is 0 Å². The van der Waals surface area contributed by atoms with Crippen LogP contribution in [-0.4, -0.2) is 29.0 Å². The molecule has 0 radical (unpaired) electrons. The van der Waals surface area contributed by atoms with E-state index in [1.807, 2.05) is 0 Å². The lowest BCUT2D eigenvalue weighted by Gasteiger charge is -2.29. The van der Waals surface area contributed by atoms with Crippen LogP contribution in [0.15, 0.2) is 0 Å². The van der Waals surface area contributed by atoms with E-state index >= 15 is 0 Å². The highest BCUT2D eigenvalue weighted by atomic mass is 32.1. The topological polar surface area (TPSA) is 29.3 Å². The predicted octanol–water partition coefficient (Wildman–Crippen LogP) is 2.81. The fraction of sp³-hybridized carbons (Fsp3) is 0.917. The summed E-state index contributed by atoms with van der Waals surface area (Å²) in [5.74, 6) is 0.323. The SMILES string of the molecule is CCCCCN(CC(C)C(N)=S)C(C)C. The van der Waals surface area contributed by atoms with Gasteiger partial charge in [-0.3, -0.25) is 0 Å². The first-order chi connectivity index (χ1) is 6.99. The molecule has 0 aromatic carbocycles. The van der Waals surface area contributed by atoms with E-state index in [-0.39, 0.29) is 0 Å². The Morgan fingerprint density at radius 1 is 1.27 bits per heavy atom. The summed E-state index contributed by atoms with van der Waals surface area (Å²) in [6.45, 7) is 11.0. The highest BCUT2D eigenvalue weighted by Crippen LogP contribution is 2.07. The van der Waals surface area contributed by atoms with Crippen molar-refractivity contribution in [3.8, 4) is 0 Å². The Labute approximate surface area is 100 Å². The molecule has 15 heavy (non-hydrogen) atoms. The monoisotopic (exact) mass is 230 g/mol. The highest BCUT2D eigenvalue weighted by molar-refractivity contribution is 7.80. The minimum atomic E-state index is 0.323. The largest absolute Gasteiger partial charge is 0.393 e. The average molecular weight is 230 g/mol. The van der Waals surface area contributed by atoms with Crippen molar-refractivity contribution in [2.45, 2.75) is 53.0 Å². The summed E-state index contributed by atoms with van der Waals surface area (Å²) < 4.78 is 0. The molecule has 1 unspecified atom stereocenters. The maximum atomic E-state index is 5.64. The van der Waals surface area contributed by atoms with Gasteiger partial charge in [0, 0.05) is 18.5 Å². The first-order valence-electron chi connectivity index (χ1n) is 6.02. The van der Waals surface area contributed by atoms with Crippen LogP contribution in [0.3, 0.4) is 0 Å². The van der Waals surface area contributed by atoms with Gasteiger partial charge in [0.05, 0.1) is 4.99 Å². The van der Waals surface area contributed by atoms with Crippen LogP contribution < -0.4 is 5.73 Å². The molecule has 3 heteroatoms. The molecular weight excluding hydrogens is 204 g/mol. The fourth-order valence-electron chi connectivity index (χ4n) is 1.57. The summed E-state index contributed by atoms with van der Waals surface area (Å²) >= 11 is 5.01. The third-order valence-corrected chi connectivity index (χ3v) is 3.18. The van der Waals surface area contributed by atoms with Crippen molar-refractivity contribution in [3.63, 3.8) is 0 Å². The molecule has 1 atom stereocenters. The van der Waals surface area contributed by atoms with Gasteiger partial charge >= 0.3 is 0 Å². The molecule has 0 saturated carbocycles. The smallest absolute Gasteiger partial charge is 0.0768 e. The maximum Gasteiger partial charge on any atom is 0.0768 e. The molecule has 2 N–H and O–H groups in total. The van der Waals surface area contributed by atoms with Gasteiger partial charge in [0.25, 0.3) is 0 Å². The van der Waals surface area contributed by atoms with Gasteiger partial charge in [0.1, 0.15) is 0 Å². The van der Waals surface area contributed by atoms with E-state index in [9.17, 15) is 0 Å². The van der Waals surface area contributed by atoms with Gasteiger partial charge in [-0.1, -0.05) is 38.9 Å². The third kappa shape index (κ3) is 6.85. The van der Waals surface area contributed by atoms with Crippen molar-refractivity contribution in [1.29, 1.82) is 0 Å². The zero-order valence-electron chi connectivity index (χ0n) is 10.6. The fourth-order valence-corrected chi connectivity index (χ4v) is 1.64. The Balaban J connectivity index is 3.98. The van der Waals surface area contributed by atoms with Gasteiger partial charge in [-0.25, -0.2) is 0 Å². The van der Waals surface area contributed by atoms with E-state index in [1.165, 1.54) is 25.8 Å². The van der Waals surface area contributed by atoms with Crippen LogP contribution in [0.1, 0.15) is 47.0 Å². The van der Waals surface area contributed by atoms with Crippen LogP contribution in [0.5, 0.6) is 0 Å². The van der Waals surface area contributed by atoms with Crippen LogP contribution in [-0.2, 0) is 0 Å². The van der Waals surface area contributed by atoms with Gasteiger partial charge in [-0.15, -0.1) is 0 Å². The van der Waals surface area contributed by atoms with Gasteiger partial charge in [-0.05, 0) is 26.8 Å². The van der Waals surface area contributed by atoms with E-state index in [2.05, 4.69) is 32.6 Å². The van der Waals surface area contributed by atoms with Crippen LogP contribution in [0, 0.1) is 5.92 Å². The van der Waals surface area contributed by atoms with Crippen molar-refractivity contribution in [2.75, 3.05) is 13.1 Å². The van der Waals surface area contributed by atoms with E-state index < -0.39 is 0 Å². The van der Waals surface area contributed by atoms with Gasteiger partial charge in [-0.2, -0.15) is 0 Å². The Morgan fingerprint density at radius 3 is 2.27 bits per heavy atom. The summed E-state index contributed by atoms with van der Waals surface area (Å²) in [5, 5.41) is 0. The van der Waals surface area contributed by atoms with Crippen LogP contribution in [0.4, 0.5) is 0 Å². The van der Waals surface area contributed by atoms with Crippen molar-refractivity contribution < 1.29 is 0 Å². The number of nitrogens with zero attached hydrogens (tertiary/aromatic N) is 1. The van der Waals surface area contributed by atoms with E-state index in [0.29, 0.717) is 16.9 Å². The van der Waals surface area contributed by atoms with E-state index in [0.717, 1.165) is 6.54 Å². The molecule has 0 spiro atoms. The van der Waals surface area contributed by atoms with Crippen LogP contribution in [0.2, 0.25) is 0 Å². The first kappa shape index (κ1) is 14.8. The second kappa shape index (κ2) is 8.05. The third-order valence-electron chi connectivity index (χ3n) is 2.77. The van der Waals surface area contributed by atoms with Crippen LogP contribution >= 0.6 is 12.2 Å². The molecular formula is C12H26N2S. The molecule has 0 heterocycles. The second-order valence-electron chi connectivity index (χ2n) is 4.60. The summed E-state index contributed by atoms with van der Waals surface area (Å²) in [6, 6.07) is 0.582. The quantitative estimate of drug-likeness (QED) is 0.513. The minimum absolute atomic E-state index is 0.323. The van der Waals surface area contributed by atoms with Gasteiger partial charge < -0.3 is 10.6 Å². The summed E-state index contributed by atoms with van der Waals surface area (Å²) in [6.07, 6.45) is 3.86. The lowest BCUT2D eigenvalue weighted by atomic mass is 10.1. The number of hydrogen-bond acceptors (Lipinski definition) is 2. The first-order valence-corrected chi connectivity index (χ1v) is 6.43. The second-order valence-corrected chi connectivity index (χ2v) is 5.07. The summed E-state index contributed by atoms with van der Waals surface area (Å²) in [4.78, 5) is 3.11. The lowest BCUT2D eigenvalue weighted by Crippen LogP contribution is -2.38. The number of hydrogen-bond donors (Lipinski definition) is 1. The summed E-state index contributed by atoms with van der Waals surface area (Å²) in [5.41, 5.74) is 5.64. The van der Waals surface area contributed by atoms with Crippen molar-refractivity contribution >= 4 is 17.2 Å². The Morgan fingerprint density at radius 2 is 1.87 bits per heavy atom. The molecule has 0 aromatic heterocycles. The maximum absolute atomic E-state index is 5.64. The highest BCUT2D eigenvalue weighted by Gasteiger charge is 2.14. The normalized spacial score (nSPS) is 13.5. The Kier molecular flexibility index (Phi) is 7.97. The molecule has 2 nitrogen and oxygen atoms in total. The molecule has 0 aliphatic carbocycles. The number of nitrogens with two attached hydrogens (primary N) is 1. The molecule has 0 aliphatic rings. The Hall–Kier alpha value is -0.150. The molecule has 0 bridgehead atoms. The molecule has 0 fully saturated rings. The van der Waals surface area contributed by atoms with Gasteiger partial charge in [0.15, 0.2) is 0 Å². The predicted molar refractivity (Wildman–Crippen MR) is 72.2 cm³/mol. The van der Waals surface area contributed by atoms with Crippen molar-refractivity contribution in [1.82, 2.24) is 4.90 Å².